The number of aromatic nitrogens is 4. The van der Waals surface area contributed by atoms with Gasteiger partial charge in [-0.05, 0) is 10.4 Å². The molecule has 2 rings (SSSR count). The van der Waals surface area contributed by atoms with E-state index in [1.54, 1.807) is 0 Å². The number of hydrogen-bond donors (Lipinski definition) is 2. The summed E-state index contributed by atoms with van der Waals surface area (Å²) in [6.45, 7) is 0.324. The quantitative estimate of drug-likeness (QED) is 0.527. The van der Waals surface area contributed by atoms with Gasteiger partial charge in [0.05, 0.1) is 12.1 Å². The van der Waals surface area contributed by atoms with Gasteiger partial charge < -0.3 is 11.1 Å². The summed E-state index contributed by atoms with van der Waals surface area (Å²) in [5, 5.41) is 13.4. The Morgan fingerprint density at radius 1 is 1.75 bits per heavy atom. The Morgan fingerprint density at radius 2 is 2.58 bits per heavy atom. The molecule has 3 N–H and O–H groups in total. The van der Waals surface area contributed by atoms with Gasteiger partial charge in [-0.15, -0.1) is 0 Å². The fraction of sp³-hybridized carbons (Fsp3) is 0.200. The first-order chi connectivity index (χ1) is 5.77. The number of fused-ring (bicyclic) bond motifs is 1. The molecule has 1 amide bonds. The van der Waals surface area contributed by atoms with E-state index in [0.717, 1.165) is 0 Å². The zero-order chi connectivity index (χ0) is 8.55. The number of nitrogens with one attached hydrogen (secondary N) is 1. The van der Waals surface area contributed by atoms with Gasteiger partial charge in [0.1, 0.15) is 0 Å². The number of nitrogens with two attached hydrogens (primary N) is 1. The van der Waals surface area contributed by atoms with Crippen LogP contribution in [0.25, 0.3) is 0 Å². The van der Waals surface area contributed by atoms with Gasteiger partial charge in [-0.1, -0.05) is 5.10 Å². The Labute approximate surface area is 67.2 Å². The van der Waals surface area contributed by atoms with Crippen LogP contribution in [0.15, 0.2) is 11.8 Å². The van der Waals surface area contributed by atoms with Crippen LogP contribution in [0.5, 0.6) is 0 Å². The average Bonchev–Trinajstić information content (AvgIpc) is 2.49. The van der Waals surface area contributed by atoms with Crippen molar-refractivity contribution in [3.63, 3.8) is 0 Å². The van der Waals surface area contributed by atoms with Crippen molar-refractivity contribution in [3.8, 4) is 0 Å². The van der Waals surface area contributed by atoms with Gasteiger partial charge in [-0.25, -0.2) is 4.68 Å². The van der Waals surface area contributed by atoms with E-state index in [1.807, 2.05) is 0 Å². The summed E-state index contributed by atoms with van der Waals surface area (Å²) in [6, 6.07) is 0. The number of anilines is 1. The molecule has 62 valence electrons. The summed E-state index contributed by atoms with van der Waals surface area (Å²) in [7, 11) is 0. The van der Waals surface area contributed by atoms with Crippen LogP contribution in [0.2, 0.25) is 0 Å². The molecule has 7 heteroatoms. The minimum absolute atomic E-state index is 0.324. The van der Waals surface area contributed by atoms with Crippen molar-refractivity contribution in [2.45, 2.75) is 6.54 Å². The van der Waals surface area contributed by atoms with E-state index in [1.165, 1.54) is 10.9 Å². The Hall–Kier alpha value is -1.92. The van der Waals surface area contributed by atoms with Crippen LogP contribution in [0.1, 0.15) is 0 Å². The zero-order valence-electron chi connectivity index (χ0n) is 6.06. The molecule has 0 saturated carbocycles. The van der Waals surface area contributed by atoms with Crippen LogP contribution < -0.4 is 11.1 Å². The molecule has 1 aromatic rings. The standard InChI is InChI=1S/C5H6N6O/c6-4(12)3-1-7-5-8-9-10-11(5)2-3/h1H,2H2,(H2,6,12)(H,7,8,10). The van der Waals surface area contributed by atoms with E-state index < -0.39 is 5.91 Å². The van der Waals surface area contributed by atoms with Crippen molar-refractivity contribution in [3.05, 3.63) is 11.8 Å². The SMILES string of the molecule is NC(=O)C1=CNc2nnnn2C1. The smallest absolute Gasteiger partial charge is 0.247 e. The van der Waals surface area contributed by atoms with Gasteiger partial charge in [0.2, 0.25) is 11.9 Å². The maximum atomic E-state index is 10.7. The molecular weight excluding hydrogens is 160 g/mol. The topological polar surface area (TPSA) is 98.7 Å². The van der Waals surface area contributed by atoms with E-state index in [9.17, 15) is 4.79 Å². The lowest BCUT2D eigenvalue weighted by Gasteiger charge is -2.10. The molecule has 0 bridgehead atoms. The van der Waals surface area contributed by atoms with Gasteiger partial charge in [-0.2, -0.15) is 0 Å². The lowest BCUT2D eigenvalue weighted by Crippen LogP contribution is -2.23. The van der Waals surface area contributed by atoms with Crippen LogP contribution >= 0.6 is 0 Å². The number of hydrogen-bond acceptors (Lipinski definition) is 5. The van der Waals surface area contributed by atoms with E-state index in [0.29, 0.717) is 18.1 Å². The molecule has 0 aromatic carbocycles. The normalized spacial score (nSPS) is 14.5. The van der Waals surface area contributed by atoms with E-state index in [2.05, 4.69) is 20.8 Å². The van der Waals surface area contributed by atoms with Crippen molar-refractivity contribution >= 4 is 11.9 Å². The molecule has 0 atom stereocenters. The highest BCUT2D eigenvalue weighted by Gasteiger charge is 2.15. The van der Waals surface area contributed by atoms with Crippen LogP contribution in [0, 0.1) is 0 Å². The second kappa shape index (κ2) is 2.29. The number of amides is 1. The third kappa shape index (κ3) is 0.911. The number of carbonyl (C=O) groups is 1. The first-order valence-corrected chi connectivity index (χ1v) is 3.29. The molecule has 0 radical (unpaired) electrons. The Bertz CT molecular complexity index is 353. The third-order valence-electron chi connectivity index (χ3n) is 1.54. The predicted molar refractivity (Wildman–Crippen MR) is 38.7 cm³/mol. The van der Waals surface area contributed by atoms with Gasteiger partial charge in [-0.3, -0.25) is 4.79 Å². The van der Waals surface area contributed by atoms with Crippen molar-refractivity contribution < 1.29 is 4.79 Å². The van der Waals surface area contributed by atoms with Crippen molar-refractivity contribution in [2.75, 3.05) is 5.32 Å². The van der Waals surface area contributed by atoms with Crippen LogP contribution in [0.3, 0.4) is 0 Å². The Balaban J connectivity index is 2.29. The maximum Gasteiger partial charge on any atom is 0.247 e. The van der Waals surface area contributed by atoms with Crippen LogP contribution in [-0.4, -0.2) is 26.1 Å². The van der Waals surface area contributed by atoms with Gasteiger partial charge in [0.25, 0.3) is 0 Å². The highest BCUT2D eigenvalue weighted by Crippen LogP contribution is 2.10. The Kier molecular flexibility index (Phi) is 1.29. The minimum atomic E-state index is -0.469. The van der Waals surface area contributed by atoms with Gasteiger partial charge in [0.15, 0.2) is 0 Å². The molecule has 0 fully saturated rings. The summed E-state index contributed by atoms with van der Waals surface area (Å²) < 4.78 is 1.46. The third-order valence-corrected chi connectivity index (χ3v) is 1.54. The predicted octanol–water partition coefficient (Wildman–Crippen LogP) is -1.53. The summed E-state index contributed by atoms with van der Waals surface area (Å²) in [4.78, 5) is 10.7. The van der Waals surface area contributed by atoms with Crippen molar-refractivity contribution in [1.82, 2.24) is 20.2 Å². The monoisotopic (exact) mass is 166 g/mol. The minimum Gasteiger partial charge on any atom is -0.366 e. The van der Waals surface area contributed by atoms with Crippen molar-refractivity contribution in [1.29, 1.82) is 0 Å². The summed E-state index contributed by atoms with van der Waals surface area (Å²) >= 11 is 0. The molecule has 0 unspecified atom stereocenters. The first-order valence-electron chi connectivity index (χ1n) is 3.29. The van der Waals surface area contributed by atoms with E-state index in [-0.39, 0.29) is 0 Å². The summed E-state index contributed by atoms with van der Waals surface area (Å²) in [5.74, 6) is 0.0450. The summed E-state index contributed by atoms with van der Waals surface area (Å²) in [5.41, 5.74) is 5.52. The molecular formula is C5H6N6O. The molecule has 1 aromatic heterocycles. The number of carbonyl (C=O) groups excluding carboxylic acids is 1. The fourth-order valence-corrected chi connectivity index (χ4v) is 0.922. The molecule has 1 aliphatic rings. The second-order valence-electron chi connectivity index (χ2n) is 2.34. The van der Waals surface area contributed by atoms with Gasteiger partial charge >= 0.3 is 0 Å². The number of nitrogens with zero attached hydrogens (tertiary/aromatic N) is 4. The highest BCUT2D eigenvalue weighted by molar-refractivity contribution is 5.92. The Morgan fingerprint density at radius 3 is 3.33 bits per heavy atom. The zero-order valence-corrected chi connectivity index (χ0v) is 6.06. The maximum absolute atomic E-state index is 10.7. The molecule has 1 aliphatic heterocycles. The number of primary amides is 1. The first kappa shape index (κ1) is 6.77. The molecule has 0 saturated heterocycles. The molecule has 2 heterocycles. The lowest BCUT2D eigenvalue weighted by atomic mass is 10.2. The van der Waals surface area contributed by atoms with Crippen molar-refractivity contribution in [2.24, 2.45) is 5.73 Å². The molecule has 0 aliphatic carbocycles. The fourth-order valence-electron chi connectivity index (χ4n) is 0.922. The largest absolute Gasteiger partial charge is 0.366 e. The van der Waals surface area contributed by atoms with E-state index >= 15 is 0 Å². The highest BCUT2D eigenvalue weighted by atomic mass is 16.1. The molecule has 7 nitrogen and oxygen atoms in total. The molecule has 12 heavy (non-hydrogen) atoms. The average molecular weight is 166 g/mol. The summed E-state index contributed by atoms with van der Waals surface area (Å²) in [6.07, 6.45) is 1.51. The van der Waals surface area contributed by atoms with Crippen LogP contribution in [-0.2, 0) is 11.3 Å². The van der Waals surface area contributed by atoms with Crippen LogP contribution in [0.4, 0.5) is 5.95 Å². The van der Waals surface area contributed by atoms with E-state index in [4.69, 9.17) is 5.73 Å². The lowest BCUT2D eigenvalue weighted by molar-refractivity contribution is -0.114. The second-order valence-corrected chi connectivity index (χ2v) is 2.34. The van der Waals surface area contributed by atoms with Gasteiger partial charge in [0, 0.05) is 6.20 Å². The molecule has 0 spiro atoms. The number of rotatable bonds is 1. The number of tetrazole rings is 1.